The summed E-state index contributed by atoms with van der Waals surface area (Å²) < 4.78 is 26.8. The van der Waals surface area contributed by atoms with Crippen LogP contribution in [0.2, 0.25) is 0 Å². The second-order valence-corrected chi connectivity index (χ2v) is 8.06. The third-order valence-electron chi connectivity index (χ3n) is 3.75. The first-order chi connectivity index (χ1) is 8.72. The van der Waals surface area contributed by atoms with E-state index in [9.17, 15) is 8.42 Å². The zero-order chi connectivity index (χ0) is 14.3. The number of hydrogen-bond donors (Lipinski definition) is 1. The highest BCUT2D eigenvalue weighted by atomic mass is 32.2. The molecule has 0 bridgehead atoms. The Balaban J connectivity index is 2.34. The molecule has 0 saturated carbocycles. The number of nitrogens with two attached hydrogens (primary N) is 1. The van der Waals surface area contributed by atoms with E-state index in [-0.39, 0.29) is 5.41 Å². The van der Waals surface area contributed by atoms with E-state index < -0.39 is 10.0 Å². The summed E-state index contributed by atoms with van der Waals surface area (Å²) in [5, 5.41) is 0. The topological polar surface area (TPSA) is 63.4 Å². The van der Waals surface area contributed by atoms with Gasteiger partial charge in [-0.3, -0.25) is 0 Å². The standard InChI is InChI=1S/C14H22N2O2S/c1-11-5-6-12(9-13(11)15)19(17,18)16-8-4-7-14(2,3)10-16/h5-6,9H,4,7-8,10,15H2,1-3H3. The number of sulfonamides is 1. The van der Waals surface area contributed by atoms with Crippen LogP contribution in [0.15, 0.2) is 23.1 Å². The van der Waals surface area contributed by atoms with Crippen LogP contribution in [0.25, 0.3) is 0 Å². The summed E-state index contributed by atoms with van der Waals surface area (Å²) in [5.41, 5.74) is 7.29. The lowest BCUT2D eigenvalue weighted by Gasteiger charge is -2.37. The van der Waals surface area contributed by atoms with Gasteiger partial charge >= 0.3 is 0 Å². The second-order valence-electron chi connectivity index (χ2n) is 6.12. The highest BCUT2D eigenvalue weighted by Gasteiger charge is 2.34. The van der Waals surface area contributed by atoms with Gasteiger partial charge in [0.15, 0.2) is 0 Å². The lowest BCUT2D eigenvalue weighted by atomic mass is 9.85. The molecule has 106 valence electrons. The van der Waals surface area contributed by atoms with Crippen LogP contribution in [-0.4, -0.2) is 25.8 Å². The molecule has 1 fully saturated rings. The van der Waals surface area contributed by atoms with Gasteiger partial charge in [0.2, 0.25) is 10.0 Å². The molecular weight excluding hydrogens is 260 g/mol. The Morgan fingerprint density at radius 1 is 1.32 bits per heavy atom. The van der Waals surface area contributed by atoms with Crippen molar-refractivity contribution >= 4 is 15.7 Å². The first-order valence-electron chi connectivity index (χ1n) is 6.59. The van der Waals surface area contributed by atoms with Gasteiger partial charge in [-0.25, -0.2) is 8.42 Å². The minimum absolute atomic E-state index is 0.0432. The molecule has 0 aromatic heterocycles. The van der Waals surface area contributed by atoms with Crippen LogP contribution < -0.4 is 5.73 Å². The summed E-state index contributed by atoms with van der Waals surface area (Å²) in [5.74, 6) is 0. The maximum absolute atomic E-state index is 12.6. The van der Waals surface area contributed by atoms with Crippen molar-refractivity contribution < 1.29 is 8.42 Å². The Bertz CT molecular complexity index is 579. The van der Waals surface area contributed by atoms with E-state index in [0.29, 0.717) is 23.7 Å². The van der Waals surface area contributed by atoms with E-state index in [1.165, 1.54) is 0 Å². The number of aryl methyl sites for hydroxylation is 1. The molecule has 5 heteroatoms. The van der Waals surface area contributed by atoms with Crippen LogP contribution in [0.5, 0.6) is 0 Å². The Kier molecular flexibility index (Phi) is 3.62. The molecule has 2 N–H and O–H groups in total. The monoisotopic (exact) mass is 282 g/mol. The molecule has 2 rings (SSSR count). The summed E-state index contributed by atoms with van der Waals surface area (Å²) in [6, 6.07) is 4.96. The SMILES string of the molecule is Cc1ccc(S(=O)(=O)N2CCCC(C)(C)C2)cc1N. The first kappa shape index (κ1) is 14.3. The van der Waals surface area contributed by atoms with E-state index in [0.717, 1.165) is 18.4 Å². The molecule has 1 aromatic carbocycles. The summed E-state index contributed by atoms with van der Waals surface area (Å²) in [4.78, 5) is 0.299. The number of nitrogen functional groups attached to an aromatic ring is 1. The average molecular weight is 282 g/mol. The Labute approximate surface area is 115 Å². The molecule has 1 aromatic rings. The van der Waals surface area contributed by atoms with Gasteiger partial charge in [0.1, 0.15) is 0 Å². The van der Waals surface area contributed by atoms with E-state index in [1.54, 1.807) is 22.5 Å². The van der Waals surface area contributed by atoms with Crippen LogP contribution in [0, 0.1) is 12.3 Å². The van der Waals surface area contributed by atoms with Gasteiger partial charge < -0.3 is 5.73 Å². The van der Waals surface area contributed by atoms with Gasteiger partial charge in [0, 0.05) is 18.8 Å². The first-order valence-corrected chi connectivity index (χ1v) is 8.03. The van der Waals surface area contributed by atoms with Crippen molar-refractivity contribution in [2.45, 2.75) is 38.5 Å². The predicted octanol–water partition coefficient (Wildman–Crippen LogP) is 2.39. The number of rotatable bonds is 2. The molecule has 19 heavy (non-hydrogen) atoms. The van der Waals surface area contributed by atoms with Gasteiger partial charge in [-0.2, -0.15) is 4.31 Å². The molecule has 0 aliphatic carbocycles. The Hall–Kier alpha value is -1.07. The summed E-state index contributed by atoms with van der Waals surface area (Å²) in [6.07, 6.45) is 1.97. The fourth-order valence-electron chi connectivity index (χ4n) is 2.50. The maximum Gasteiger partial charge on any atom is 0.243 e. The molecule has 0 amide bonds. The predicted molar refractivity (Wildman–Crippen MR) is 77.4 cm³/mol. The molecule has 0 atom stereocenters. The van der Waals surface area contributed by atoms with Crippen LogP contribution in [0.4, 0.5) is 5.69 Å². The van der Waals surface area contributed by atoms with Crippen LogP contribution in [0.3, 0.4) is 0 Å². The molecule has 1 saturated heterocycles. The summed E-state index contributed by atoms with van der Waals surface area (Å²) in [6.45, 7) is 7.26. The largest absolute Gasteiger partial charge is 0.398 e. The van der Waals surface area contributed by atoms with Crippen molar-refractivity contribution in [3.63, 3.8) is 0 Å². The van der Waals surface area contributed by atoms with E-state index in [4.69, 9.17) is 5.73 Å². The number of hydrogen-bond acceptors (Lipinski definition) is 3. The third-order valence-corrected chi connectivity index (χ3v) is 5.60. The average Bonchev–Trinajstić information content (AvgIpc) is 2.31. The van der Waals surface area contributed by atoms with Crippen LogP contribution in [-0.2, 0) is 10.0 Å². The number of nitrogens with zero attached hydrogens (tertiary/aromatic N) is 1. The molecule has 0 spiro atoms. The van der Waals surface area contributed by atoms with Gasteiger partial charge in [-0.1, -0.05) is 19.9 Å². The van der Waals surface area contributed by atoms with Crippen molar-refractivity contribution in [2.75, 3.05) is 18.8 Å². The second kappa shape index (κ2) is 4.80. The quantitative estimate of drug-likeness (QED) is 0.847. The van der Waals surface area contributed by atoms with Gasteiger partial charge in [0.05, 0.1) is 4.90 Å². The lowest BCUT2D eigenvalue weighted by Crippen LogP contribution is -2.43. The van der Waals surface area contributed by atoms with Gasteiger partial charge in [-0.05, 0) is 42.9 Å². The van der Waals surface area contributed by atoms with E-state index >= 15 is 0 Å². The maximum atomic E-state index is 12.6. The minimum Gasteiger partial charge on any atom is -0.398 e. The number of piperidine rings is 1. The smallest absolute Gasteiger partial charge is 0.243 e. The summed E-state index contributed by atoms with van der Waals surface area (Å²) >= 11 is 0. The van der Waals surface area contributed by atoms with Crippen LogP contribution in [0.1, 0.15) is 32.3 Å². The zero-order valence-corrected chi connectivity index (χ0v) is 12.6. The van der Waals surface area contributed by atoms with E-state index in [2.05, 4.69) is 13.8 Å². The Morgan fingerprint density at radius 2 is 2.00 bits per heavy atom. The zero-order valence-electron chi connectivity index (χ0n) is 11.8. The third kappa shape index (κ3) is 2.92. The molecule has 4 nitrogen and oxygen atoms in total. The molecule has 1 aliphatic heterocycles. The molecular formula is C14H22N2O2S. The van der Waals surface area contributed by atoms with Crippen molar-refractivity contribution in [1.29, 1.82) is 0 Å². The highest BCUT2D eigenvalue weighted by Crippen LogP contribution is 2.32. The van der Waals surface area contributed by atoms with Crippen molar-refractivity contribution in [3.8, 4) is 0 Å². The van der Waals surface area contributed by atoms with Gasteiger partial charge in [-0.15, -0.1) is 0 Å². The van der Waals surface area contributed by atoms with E-state index in [1.807, 2.05) is 6.92 Å². The van der Waals surface area contributed by atoms with Crippen molar-refractivity contribution in [3.05, 3.63) is 23.8 Å². The highest BCUT2D eigenvalue weighted by molar-refractivity contribution is 7.89. The fourth-order valence-corrected chi connectivity index (χ4v) is 4.21. The molecule has 0 radical (unpaired) electrons. The number of anilines is 1. The fraction of sp³-hybridized carbons (Fsp3) is 0.571. The Morgan fingerprint density at radius 3 is 2.58 bits per heavy atom. The van der Waals surface area contributed by atoms with Crippen molar-refractivity contribution in [1.82, 2.24) is 4.31 Å². The number of benzene rings is 1. The van der Waals surface area contributed by atoms with Crippen LogP contribution >= 0.6 is 0 Å². The molecule has 0 unspecified atom stereocenters. The lowest BCUT2D eigenvalue weighted by molar-refractivity contribution is 0.187. The van der Waals surface area contributed by atoms with Gasteiger partial charge in [0.25, 0.3) is 0 Å². The molecule has 1 aliphatic rings. The molecule has 1 heterocycles. The summed E-state index contributed by atoms with van der Waals surface area (Å²) in [7, 11) is -3.42. The normalized spacial score (nSPS) is 20.4. The minimum atomic E-state index is -3.42. The van der Waals surface area contributed by atoms with Crippen molar-refractivity contribution in [2.24, 2.45) is 5.41 Å².